The molecule has 2 amide bonds. The van der Waals surface area contributed by atoms with E-state index in [0.29, 0.717) is 11.8 Å². The minimum absolute atomic E-state index is 0.116. The Morgan fingerprint density at radius 3 is 2.79 bits per heavy atom. The summed E-state index contributed by atoms with van der Waals surface area (Å²) in [4.78, 5) is 47.8. The molecule has 0 aromatic carbocycles. The van der Waals surface area contributed by atoms with Crippen LogP contribution in [0.5, 0.6) is 0 Å². The lowest BCUT2D eigenvalue weighted by atomic mass is 10.0. The minimum atomic E-state index is -1.82. The molecule has 3 N–H and O–H groups in total. The number of aliphatic carboxylic acids is 1. The van der Waals surface area contributed by atoms with E-state index in [-0.39, 0.29) is 23.6 Å². The van der Waals surface area contributed by atoms with Crippen LogP contribution in [0.2, 0.25) is 0 Å². The second kappa shape index (κ2) is 6.63. The highest BCUT2D eigenvalue weighted by Gasteiger charge is 2.66. The molecule has 0 aliphatic carbocycles. The van der Waals surface area contributed by atoms with Crippen LogP contribution in [0.4, 0.5) is 4.79 Å². The number of nitrogens with two attached hydrogens (primary N) is 1. The number of rotatable bonds is 5. The van der Waals surface area contributed by atoms with Gasteiger partial charge in [0, 0.05) is 23.2 Å². The fraction of sp³-hybridized carbons (Fsp3) is 0.455. The van der Waals surface area contributed by atoms with Crippen LogP contribution < -0.4 is 5.73 Å². The summed E-state index contributed by atoms with van der Waals surface area (Å²) in [7, 11) is 0. The number of primary amides is 1. The zero-order chi connectivity index (χ0) is 18.1. The highest BCUT2D eigenvalue weighted by molar-refractivity contribution is 8.16. The van der Waals surface area contributed by atoms with E-state index in [1.165, 1.54) is 6.92 Å². The Hall–Kier alpha value is -2.37. The predicted molar refractivity (Wildman–Crippen MR) is 83.4 cm³/mol. The van der Waals surface area contributed by atoms with Crippen LogP contribution in [0.3, 0.4) is 0 Å². The third-order valence-corrected chi connectivity index (χ3v) is 5.71. The fourth-order valence-corrected chi connectivity index (χ4v) is 4.73. The van der Waals surface area contributed by atoms with E-state index in [4.69, 9.17) is 16.0 Å². The average molecular weight is 373 g/mol. The first-order valence-corrected chi connectivity index (χ1v) is 8.19. The number of β-lactam (4-membered cyclic amide) rings is 1. The third-order valence-electron chi connectivity index (χ3n) is 3.19. The van der Waals surface area contributed by atoms with Crippen molar-refractivity contribution >= 4 is 46.6 Å². The molecule has 2 atom stereocenters. The Kier molecular flexibility index (Phi) is 4.96. The van der Waals surface area contributed by atoms with Gasteiger partial charge in [0.05, 0.1) is 0 Å². The molecular formula is C11H11N5O6S2. The van der Waals surface area contributed by atoms with Gasteiger partial charge in [-0.25, -0.2) is 4.79 Å². The van der Waals surface area contributed by atoms with E-state index in [0.717, 1.165) is 16.7 Å². The van der Waals surface area contributed by atoms with Gasteiger partial charge in [0.25, 0.3) is 11.1 Å². The summed E-state index contributed by atoms with van der Waals surface area (Å²) in [5.41, 5.74) is 13.6. The van der Waals surface area contributed by atoms with Crippen LogP contribution in [0, 0.1) is 0 Å². The number of azide groups is 1. The van der Waals surface area contributed by atoms with Crippen LogP contribution in [-0.4, -0.2) is 55.7 Å². The number of hydrogen-bond donors (Lipinski definition) is 2. The summed E-state index contributed by atoms with van der Waals surface area (Å²) in [6, 6.07) is 0. The zero-order valence-electron chi connectivity index (χ0n) is 12.2. The van der Waals surface area contributed by atoms with Gasteiger partial charge < -0.3 is 15.6 Å². The molecule has 0 bridgehead atoms. The number of hydrogen-bond acceptors (Lipinski definition) is 8. The van der Waals surface area contributed by atoms with Crippen molar-refractivity contribution in [2.24, 2.45) is 10.8 Å². The number of fused-ring (bicyclic) bond motifs is 1. The SMILES string of the molecule is CC(=O)OCC1=C(C(=O)O)N2C(=O)C(N=[N+]=[N-])(SC(N)=O)[C@H]2SC1. The summed E-state index contributed by atoms with van der Waals surface area (Å²) in [5, 5.41) is 11.0. The quantitative estimate of drug-likeness (QED) is 0.232. The second-order valence-electron chi connectivity index (χ2n) is 4.68. The van der Waals surface area contributed by atoms with E-state index in [2.05, 4.69) is 10.0 Å². The molecule has 0 saturated carbocycles. The molecule has 11 nitrogen and oxygen atoms in total. The summed E-state index contributed by atoms with van der Waals surface area (Å²) in [6.45, 7) is 0.892. The smallest absolute Gasteiger partial charge is 0.352 e. The van der Waals surface area contributed by atoms with Gasteiger partial charge in [0.15, 0.2) is 0 Å². The number of thioether (sulfide) groups is 2. The molecule has 13 heteroatoms. The molecule has 2 aliphatic heterocycles. The lowest BCUT2D eigenvalue weighted by Gasteiger charge is -2.53. The maximum absolute atomic E-state index is 12.5. The van der Waals surface area contributed by atoms with Crippen molar-refractivity contribution in [3.05, 3.63) is 21.7 Å². The molecule has 128 valence electrons. The van der Waals surface area contributed by atoms with Crippen molar-refractivity contribution in [1.82, 2.24) is 4.90 Å². The summed E-state index contributed by atoms with van der Waals surface area (Å²) >= 11 is 1.43. The molecule has 0 radical (unpaired) electrons. The van der Waals surface area contributed by atoms with E-state index in [9.17, 15) is 24.3 Å². The summed E-state index contributed by atoms with van der Waals surface area (Å²) < 4.78 is 4.80. The van der Waals surface area contributed by atoms with Crippen molar-refractivity contribution < 1.29 is 29.0 Å². The van der Waals surface area contributed by atoms with Crippen molar-refractivity contribution in [2.45, 2.75) is 17.2 Å². The maximum atomic E-state index is 12.5. The van der Waals surface area contributed by atoms with E-state index in [1.807, 2.05) is 0 Å². The number of carboxylic acid groups (broad SMARTS) is 1. The Balaban J connectivity index is 2.41. The Bertz CT molecular complexity index is 718. The Morgan fingerprint density at radius 2 is 2.29 bits per heavy atom. The number of ether oxygens (including phenoxy) is 1. The predicted octanol–water partition coefficient (Wildman–Crippen LogP) is 0.622. The van der Waals surface area contributed by atoms with Gasteiger partial charge >= 0.3 is 11.9 Å². The molecule has 1 unspecified atom stereocenters. The molecule has 0 spiro atoms. The highest BCUT2D eigenvalue weighted by Crippen LogP contribution is 2.53. The van der Waals surface area contributed by atoms with Crippen LogP contribution in [0.1, 0.15) is 6.92 Å². The lowest BCUT2D eigenvalue weighted by molar-refractivity contribution is -0.149. The molecular weight excluding hydrogens is 362 g/mol. The van der Waals surface area contributed by atoms with Crippen LogP contribution in [-0.2, 0) is 19.1 Å². The molecule has 1 fully saturated rings. The maximum Gasteiger partial charge on any atom is 0.352 e. The fourth-order valence-electron chi connectivity index (χ4n) is 2.30. The molecule has 1 saturated heterocycles. The van der Waals surface area contributed by atoms with Crippen molar-refractivity contribution in [3.8, 4) is 0 Å². The number of nitrogens with zero attached hydrogens (tertiary/aromatic N) is 4. The summed E-state index contributed by atoms with van der Waals surface area (Å²) in [6.07, 6.45) is 0. The van der Waals surface area contributed by atoms with Crippen molar-refractivity contribution in [2.75, 3.05) is 12.4 Å². The molecule has 2 rings (SSSR count). The largest absolute Gasteiger partial charge is 0.477 e. The first-order chi connectivity index (χ1) is 11.2. The monoisotopic (exact) mass is 373 g/mol. The van der Waals surface area contributed by atoms with Gasteiger partial charge in [-0.15, -0.1) is 11.8 Å². The molecule has 2 heterocycles. The first-order valence-electron chi connectivity index (χ1n) is 6.33. The normalized spacial score (nSPS) is 25.3. The Labute approximate surface area is 143 Å². The number of amides is 2. The van der Waals surface area contributed by atoms with Gasteiger partial charge in [-0.05, 0) is 17.3 Å². The highest BCUT2D eigenvalue weighted by atomic mass is 32.2. The zero-order valence-corrected chi connectivity index (χ0v) is 13.8. The molecule has 0 aromatic rings. The Morgan fingerprint density at radius 1 is 1.62 bits per heavy atom. The van der Waals surface area contributed by atoms with Gasteiger partial charge in [0.1, 0.15) is 17.7 Å². The average Bonchev–Trinajstić information content (AvgIpc) is 2.50. The standard InChI is InChI=1S/C11H11N5O6S2/c1-4(17)22-2-5-3-23-9-11(14-15-13,24-10(12)21)8(20)16(9)6(5)7(18)19/h9H,2-3H2,1H3,(H2,12,21)(H,18,19)/t9-,11?/m1/s1. The van der Waals surface area contributed by atoms with Gasteiger partial charge in [-0.3, -0.25) is 19.3 Å². The topological polar surface area (TPSA) is 176 Å². The van der Waals surface area contributed by atoms with Crippen LogP contribution >= 0.6 is 23.5 Å². The molecule has 24 heavy (non-hydrogen) atoms. The van der Waals surface area contributed by atoms with Gasteiger partial charge in [-0.2, -0.15) is 0 Å². The van der Waals surface area contributed by atoms with Crippen LogP contribution in [0.25, 0.3) is 10.4 Å². The van der Waals surface area contributed by atoms with Crippen LogP contribution in [0.15, 0.2) is 16.4 Å². The number of esters is 1. The van der Waals surface area contributed by atoms with E-state index < -0.39 is 33.3 Å². The van der Waals surface area contributed by atoms with Gasteiger partial charge in [-0.1, -0.05) is 5.11 Å². The van der Waals surface area contributed by atoms with E-state index in [1.54, 1.807) is 0 Å². The molecule has 0 aromatic heterocycles. The number of carbonyl (C=O) groups is 4. The molecule has 2 aliphatic rings. The van der Waals surface area contributed by atoms with Crippen molar-refractivity contribution in [3.63, 3.8) is 0 Å². The van der Waals surface area contributed by atoms with Gasteiger partial charge in [0.2, 0.25) is 4.87 Å². The minimum Gasteiger partial charge on any atom is -0.477 e. The van der Waals surface area contributed by atoms with Crippen molar-refractivity contribution in [1.29, 1.82) is 0 Å². The summed E-state index contributed by atoms with van der Waals surface area (Å²) in [5.74, 6) is -2.73. The number of carbonyl (C=O) groups excluding carboxylic acids is 3. The van der Waals surface area contributed by atoms with E-state index >= 15 is 0 Å². The lowest BCUT2D eigenvalue weighted by Crippen LogP contribution is -2.71. The number of carboxylic acids is 1. The first kappa shape index (κ1) is 18.0. The third kappa shape index (κ3) is 2.88. The second-order valence-corrected chi connectivity index (χ2v) is 6.98.